The van der Waals surface area contributed by atoms with Gasteiger partial charge in [-0.25, -0.2) is 4.79 Å². The number of rotatable bonds is 5. The number of halogens is 1. The zero-order valence-corrected chi connectivity index (χ0v) is 9.51. The third kappa shape index (κ3) is 6.43. The second kappa shape index (κ2) is 6.26. The normalized spacial score (nSPS) is 12.2. The second-order valence-corrected chi connectivity index (χ2v) is 7.21. The van der Waals surface area contributed by atoms with Crippen molar-refractivity contribution in [1.29, 1.82) is 0 Å². The van der Waals surface area contributed by atoms with Gasteiger partial charge in [-0.2, -0.15) is 11.1 Å². The molecule has 0 aromatic rings. The SMILES string of the molecule is C=C(C)C(=O)OCCC[SiH](C)Cl. The lowest BCUT2D eigenvalue weighted by Gasteiger charge is -2.03. The summed E-state index contributed by atoms with van der Waals surface area (Å²) in [6, 6.07) is 1.00. The molecular weight excluding hydrogens is 192 g/mol. The van der Waals surface area contributed by atoms with Gasteiger partial charge >= 0.3 is 5.97 Å². The molecule has 0 aromatic heterocycles. The molecule has 1 atom stereocenters. The summed E-state index contributed by atoms with van der Waals surface area (Å²) in [5.74, 6) is -0.307. The maximum Gasteiger partial charge on any atom is 0.333 e. The fourth-order valence-corrected chi connectivity index (χ4v) is 1.84. The van der Waals surface area contributed by atoms with E-state index in [1.54, 1.807) is 6.92 Å². The fraction of sp³-hybridized carbons (Fsp3) is 0.625. The second-order valence-electron chi connectivity index (χ2n) is 2.84. The first kappa shape index (κ1) is 11.7. The van der Waals surface area contributed by atoms with Gasteiger partial charge in [0.15, 0.2) is 0 Å². The molecule has 0 aromatic carbocycles. The summed E-state index contributed by atoms with van der Waals surface area (Å²) in [4.78, 5) is 10.8. The van der Waals surface area contributed by atoms with Gasteiger partial charge in [-0.1, -0.05) is 13.1 Å². The first-order chi connectivity index (χ1) is 5.54. The van der Waals surface area contributed by atoms with Crippen molar-refractivity contribution >= 4 is 25.2 Å². The van der Waals surface area contributed by atoms with Gasteiger partial charge in [0.05, 0.1) is 6.61 Å². The van der Waals surface area contributed by atoms with Gasteiger partial charge in [0.25, 0.3) is 0 Å². The zero-order valence-electron chi connectivity index (χ0n) is 7.60. The van der Waals surface area contributed by atoms with E-state index >= 15 is 0 Å². The van der Waals surface area contributed by atoms with Crippen LogP contribution in [0.25, 0.3) is 0 Å². The standard InChI is InChI=1S/C8H15ClO2Si/c1-7(2)8(10)11-5-4-6-12(3)9/h12H,1,4-6H2,2-3H3. The summed E-state index contributed by atoms with van der Waals surface area (Å²) < 4.78 is 4.88. The lowest BCUT2D eigenvalue weighted by Crippen LogP contribution is -2.07. The smallest absolute Gasteiger partial charge is 0.333 e. The summed E-state index contributed by atoms with van der Waals surface area (Å²) in [7, 11) is -1.000. The Morgan fingerprint density at radius 1 is 1.67 bits per heavy atom. The van der Waals surface area contributed by atoms with Gasteiger partial charge in [0.2, 0.25) is 0 Å². The van der Waals surface area contributed by atoms with Crippen molar-refractivity contribution in [1.82, 2.24) is 0 Å². The number of hydrogen-bond donors (Lipinski definition) is 0. The Hall–Kier alpha value is -0.283. The van der Waals surface area contributed by atoms with Crippen molar-refractivity contribution in [2.75, 3.05) is 6.61 Å². The first-order valence-electron chi connectivity index (χ1n) is 4.00. The van der Waals surface area contributed by atoms with Gasteiger partial charge in [-0.15, -0.1) is 0 Å². The Kier molecular flexibility index (Phi) is 6.11. The highest BCUT2D eigenvalue weighted by molar-refractivity contribution is 7.06. The molecule has 0 heterocycles. The van der Waals surface area contributed by atoms with Crippen LogP contribution in [0.1, 0.15) is 13.3 Å². The van der Waals surface area contributed by atoms with E-state index in [4.69, 9.17) is 15.8 Å². The quantitative estimate of drug-likeness (QED) is 0.226. The maximum absolute atomic E-state index is 10.8. The molecule has 0 N–H and O–H groups in total. The minimum Gasteiger partial charge on any atom is -0.462 e. The van der Waals surface area contributed by atoms with Crippen LogP contribution >= 0.6 is 11.1 Å². The van der Waals surface area contributed by atoms with Crippen molar-refractivity contribution in [3.8, 4) is 0 Å². The highest BCUT2D eigenvalue weighted by atomic mass is 35.6. The van der Waals surface area contributed by atoms with Crippen LogP contribution in [-0.2, 0) is 9.53 Å². The topological polar surface area (TPSA) is 26.3 Å². The molecule has 0 amide bonds. The minimum absolute atomic E-state index is 0.307. The van der Waals surface area contributed by atoms with Crippen LogP contribution in [0.5, 0.6) is 0 Å². The van der Waals surface area contributed by atoms with E-state index in [0.717, 1.165) is 12.5 Å². The van der Waals surface area contributed by atoms with Gasteiger partial charge in [0.1, 0.15) is 8.11 Å². The molecule has 0 saturated carbocycles. The highest BCUT2D eigenvalue weighted by Crippen LogP contribution is 2.02. The molecule has 0 aliphatic carbocycles. The summed E-state index contributed by atoms with van der Waals surface area (Å²) in [6.45, 7) is 7.64. The van der Waals surface area contributed by atoms with Gasteiger partial charge in [0, 0.05) is 5.57 Å². The Morgan fingerprint density at radius 2 is 2.25 bits per heavy atom. The molecule has 2 nitrogen and oxygen atoms in total. The molecule has 0 fully saturated rings. The van der Waals surface area contributed by atoms with E-state index in [1.165, 1.54) is 0 Å². The monoisotopic (exact) mass is 206 g/mol. The van der Waals surface area contributed by atoms with Crippen LogP contribution in [0.15, 0.2) is 12.2 Å². The van der Waals surface area contributed by atoms with Crippen molar-refractivity contribution in [3.63, 3.8) is 0 Å². The molecule has 0 radical (unpaired) electrons. The highest BCUT2D eigenvalue weighted by Gasteiger charge is 2.03. The Morgan fingerprint density at radius 3 is 2.67 bits per heavy atom. The largest absolute Gasteiger partial charge is 0.462 e. The van der Waals surface area contributed by atoms with Gasteiger partial charge < -0.3 is 4.74 Å². The van der Waals surface area contributed by atoms with Crippen molar-refractivity contribution in [3.05, 3.63) is 12.2 Å². The van der Waals surface area contributed by atoms with Crippen LogP contribution in [0.3, 0.4) is 0 Å². The predicted octanol–water partition coefficient (Wildman–Crippen LogP) is 2.09. The van der Waals surface area contributed by atoms with E-state index < -0.39 is 8.11 Å². The first-order valence-corrected chi connectivity index (χ1v) is 7.72. The number of hydrogen-bond acceptors (Lipinski definition) is 2. The molecule has 12 heavy (non-hydrogen) atoms. The lowest BCUT2D eigenvalue weighted by molar-refractivity contribution is -0.138. The third-order valence-corrected chi connectivity index (χ3v) is 3.19. The van der Waals surface area contributed by atoms with Crippen molar-refractivity contribution in [2.24, 2.45) is 0 Å². The molecule has 0 aliphatic heterocycles. The molecule has 0 spiro atoms. The number of ether oxygens (including phenoxy) is 1. The Labute approximate surface area is 79.9 Å². The van der Waals surface area contributed by atoms with E-state index in [-0.39, 0.29) is 5.97 Å². The van der Waals surface area contributed by atoms with Crippen LogP contribution in [0, 0.1) is 0 Å². The minimum atomic E-state index is -1.000. The zero-order chi connectivity index (χ0) is 9.56. The Bertz CT molecular complexity index is 168. The van der Waals surface area contributed by atoms with Crippen LogP contribution in [0.2, 0.25) is 12.6 Å². The van der Waals surface area contributed by atoms with E-state index in [9.17, 15) is 4.79 Å². The van der Waals surface area contributed by atoms with E-state index in [0.29, 0.717) is 12.2 Å². The molecule has 0 rings (SSSR count). The molecule has 70 valence electrons. The third-order valence-electron chi connectivity index (χ3n) is 1.33. The molecule has 4 heteroatoms. The average Bonchev–Trinajstić information content (AvgIpc) is 1.97. The average molecular weight is 207 g/mol. The van der Waals surface area contributed by atoms with Gasteiger partial charge in [-0.05, 0) is 19.4 Å². The molecule has 0 saturated heterocycles. The van der Waals surface area contributed by atoms with Crippen LogP contribution < -0.4 is 0 Å². The van der Waals surface area contributed by atoms with E-state index in [1.807, 2.05) is 0 Å². The van der Waals surface area contributed by atoms with Crippen LogP contribution in [0.4, 0.5) is 0 Å². The number of carbonyl (C=O) groups excluding carboxylic acids is 1. The Balaban J connectivity index is 3.32. The maximum atomic E-state index is 10.8. The lowest BCUT2D eigenvalue weighted by atomic mass is 10.4. The van der Waals surface area contributed by atoms with E-state index in [2.05, 4.69) is 13.1 Å². The van der Waals surface area contributed by atoms with Gasteiger partial charge in [-0.3, -0.25) is 0 Å². The number of carbonyl (C=O) groups is 1. The molecule has 0 bridgehead atoms. The molecule has 0 aliphatic rings. The van der Waals surface area contributed by atoms with Crippen LogP contribution in [-0.4, -0.2) is 20.7 Å². The van der Waals surface area contributed by atoms with Crippen molar-refractivity contribution < 1.29 is 9.53 Å². The van der Waals surface area contributed by atoms with Crippen molar-refractivity contribution in [2.45, 2.75) is 25.9 Å². The summed E-state index contributed by atoms with van der Waals surface area (Å²) in [5, 5.41) is 0. The number of esters is 1. The molecule has 1 unspecified atom stereocenters. The summed E-state index contributed by atoms with van der Waals surface area (Å²) >= 11 is 5.84. The summed E-state index contributed by atoms with van der Waals surface area (Å²) in [5.41, 5.74) is 0.450. The molecular formula is C8H15ClO2Si. The fourth-order valence-electron chi connectivity index (χ4n) is 0.653. The predicted molar refractivity (Wildman–Crippen MR) is 54.1 cm³/mol. The summed E-state index contributed by atoms with van der Waals surface area (Å²) in [6.07, 6.45) is 0.871.